The number of hydrogen-bond acceptors (Lipinski definition) is 5. The molecular formula is C18H27N5O3. The first-order valence-corrected chi connectivity index (χ1v) is 9.71. The van der Waals surface area contributed by atoms with Crippen LogP contribution < -0.4 is 16.1 Å². The Bertz CT molecular complexity index is 920. The van der Waals surface area contributed by atoms with E-state index in [1.807, 2.05) is 4.57 Å². The topological polar surface area (TPSA) is 85.3 Å². The van der Waals surface area contributed by atoms with E-state index in [2.05, 4.69) is 4.90 Å². The van der Waals surface area contributed by atoms with Gasteiger partial charge in [0.05, 0.1) is 0 Å². The number of aliphatic hydroxyl groups excluding tert-OH is 1. The molecule has 26 heavy (non-hydrogen) atoms. The number of fused-ring (bicyclic) bond motifs is 3. The minimum atomic E-state index is -0.365. The summed E-state index contributed by atoms with van der Waals surface area (Å²) in [5, 5.41) is 9.07. The first-order valence-electron chi connectivity index (χ1n) is 9.71. The highest BCUT2D eigenvalue weighted by Crippen LogP contribution is 2.31. The van der Waals surface area contributed by atoms with Crippen LogP contribution in [0.1, 0.15) is 44.9 Å². The molecule has 1 fully saturated rings. The van der Waals surface area contributed by atoms with Gasteiger partial charge in [-0.1, -0.05) is 19.3 Å². The fraction of sp³-hybridized carbons (Fsp3) is 0.722. The summed E-state index contributed by atoms with van der Waals surface area (Å²) in [6.07, 6.45) is 7.49. The minimum absolute atomic E-state index is 0.0480. The summed E-state index contributed by atoms with van der Waals surface area (Å²) in [4.78, 5) is 32.7. The van der Waals surface area contributed by atoms with Gasteiger partial charge in [0, 0.05) is 39.3 Å². The molecule has 8 heteroatoms. The molecule has 8 nitrogen and oxygen atoms in total. The van der Waals surface area contributed by atoms with Gasteiger partial charge >= 0.3 is 5.69 Å². The standard InChI is InChI=1S/C18H27N5O3/c1-20-15-14(16(25)23(18(20)26)11-6-12-24)22-10-5-9-21(17(22)19-15)13-7-3-2-4-8-13/h13,24H,2-12H2,1H3. The highest BCUT2D eigenvalue weighted by molar-refractivity contribution is 5.75. The number of aliphatic hydroxyl groups is 1. The average molecular weight is 361 g/mol. The van der Waals surface area contributed by atoms with Crippen LogP contribution in [0.5, 0.6) is 0 Å². The van der Waals surface area contributed by atoms with E-state index in [9.17, 15) is 9.59 Å². The highest BCUT2D eigenvalue weighted by atomic mass is 16.3. The van der Waals surface area contributed by atoms with Gasteiger partial charge in [0.25, 0.3) is 5.56 Å². The maximum atomic E-state index is 13.0. The third-order valence-electron chi connectivity index (χ3n) is 5.81. The van der Waals surface area contributed by atoms with Crippen LogP contribution in [0.3, 0.4) is 0 Å². The SMILES string of the molecule is Cn1c(=O)n(CCCO)c(=O)c2c1nc1n2CCCN1C1CCCCC1. The molecule has 2 aromatic heterocycles. The Balaban J connectivity index is 1.87. The lowest BCUT2D eigenvalue weighted by atomic mass is 9.94. The number of anilines is 1. The number of aryl methyl sites for hydroxylation is 2. The molecule has 0 amide bonds. The normalized spacial score (nSPS) is 18.5. The number of imidazole rings is 1. The lowest BCUT2D eigenvalue weighted by Crippen LogP contribution is -2.42. The van der Waals surface area contributed by atoms with Crippen LogP contribution in [0.2, 0.25) is 0 Å². The zero-order valence-corrected chi connectivity index (χ0v) is 15.4. The second-order valence-electron chi connectivity index (χ2n) is 7.45. The molecule has 1 N–H and O–H groups in total. The van der Waals surface area contributed by atoms with Gasteiger partial charge in [-0.25, -0.2) is 4.79 Å². The molecule has 0 atom stereocenters. The van der Waals surface area contributed by atoms with Crippen molar-refractivity contribution < 1.29 is 5.11 Å². The van der Waals surface area contributed by atoms with Crippen molar-refractivity contribution in [2.45, 2.75) is 64.1 Å². The third-order valence-corrected chi connectivity index (χ3v) is 5.81. The average Bonchev–Trinajstić information content (AvgIpc) is 3.07. The Kier molecular flexibility index (Phi) is 4.60. The molecule has 3 heterocycles. The van der Waals surface area contributed by atoms with Gasteiger partial charge in [0.15, 0.2) is 11.2 Å². The van der Waals surface area contributed by atoms with Gasteiger partial charge in [-0.05, 0) is 25.7 Å². The van der Waals surface area contributed by atoms with Gasteiger partial charge in [-0.3, -0.25) is 13.9 Å². The Hall–Kier alpha value is -2.09. The van der Waals surface area contributed by atoms with E-state index in [1.54, 1.807) is 7.05 Å². The molecule has 142 valence electrons. The quantitative estimate of drug-likeness (QED) is 0.872. The summed E-state index contributed by atoms with van der Waals surface area (Å²) in [6, 6.07) is 0.480. The molecule has 0 radical (unpaired) electrons. The van der Waals surface area contributed by atoms with E-state index in [0.29, 0.717) is 23.6 Å². The fourth-order valence-corrected chi connectivity index (χ4v) is 4.45. The molecule has 4 rings (SSSR count). The smallest absolute Gasteiger partial charge is 0.332 e. The van der Waals surface area contributed by atoms with E-state index < -0.39 is 0 Å². The Morgan fingerprint density at radius 1 is 1.12 bits per heavy atom. The third kappa shape index (κ3) is 2.67. The van der Waals surface area contributed by atoms with Gasteiger partial charge in [-0.2, -0.15) is 4.98 Å². The van der Waals surface area contributed by atoms with Crippen molar-refractivity contribution in [3.63, 3.8) is 0 Å². The van der Waals surface area contributed by atoms with Gasteiger partial charge in [-0.15, -0.1) is 0 Å². The van der Waals surface area contributed by atoms with E-state index in [4.69, 9.17) is 10.1 Å². The molecule has 1 aliphatic carbocycles. The summed E-state index contributed by atoms with van der Waals surface area (Å²) in [6.45, 7) is 1.89. The van der Waals surface area contributed by atoms with Crippen molar-refractivity contribution in [3.05, 3.63) is 20.8 Å². The van der Waals surface area contributed by atoms with Gasteiger partial charge < -0.3 is 14.6 Å². The van der Waals surface area contributed by atoms with Gasteiger partial charge in [0.2, 0.25) is 5.95 Å². The number of hydrogen-bond donors (Lipinski definition) is 1. The Labute approximate surface area is 151 Å². The predicted molar refractivity (Wildman–Crippen MR) is 99.8 cm³/mol. The molecule has 2 aliphatic rings. The second-order valence-corrected chi connectivity index (χ2v) is 7.45. The predicted octanol–water partition coefficient (Wildman–Crippen LogP) is 0.822. The molecule has 1 saturated carbocycles. The van der Waals surface area contributed by atoms with E-state index >= 15 is 0 Å². The van der Waals surface area contributed by atoms with Crippen molar-refractivity contribution in [2.24, 2.45) is 7.05 Å². The lowest BCUT2D eigenvalue weighted by Gasteiger charge is -2.37. The van der Waals surface area contributed by atoms with Crippen LogP contribution in [-0.4, -0.2) is 43.0 Å². The number of rotatable bonds is 4. The molecule has 1 aliphatic heterocycles. The van der Waals surface area contributed by atoms with Crippen LogP contribution in [-0.2, 0) is 20.1 Å². The van der Waals surface area contributed by atoms with Crippen LogP contribution in [0.15, 0.2) is 9.59 Å². The van der Waals surface area contributed by atoms with Crippen LogP contribution in [0.4, 0.5) is 5.95 Å². The van der Waals surface area contributed by atoms with Crippen molar-refractivity contribution in [2.75, 3.05) is 18.1 Å². The zero-order valence-electron chi connectivity index (χ0n) is 15.4. The molecule has 2 aromatic rings. The minimum Gasteiger partial charge on any atom is -0.396 e. The summed E-state index contributed by atoms with van der Waals surface area (Å²) in [5.41, 5.74) is 0.329. The van der Waals surface area contributed by atoms with Crippen LogP contribution in [0, 0.1) is 0 Å². The summed E-state index contributed by atoms with van der Waals surface area (Å²) >= 11 is 0. The monoisotopic (exact) mass is 361 g/mol. The second kappa shape index (κ2) is 6.90. The molecule has 0 bridgehead atoms. The van der Waals surface area contributed by atoms with Crippen molar-refractivity contribution in [1.82, 2.24) is 18.7 Å². The van der Waals surface area contributed by atoms with E-state index in [1.165, 1.54) is 41.2 Å². The van der Waals surface area contributed by atoms with Crippen LogP contribution >= 0.6 is 0 Å². The first-order chi connectivity index (χ1) is 12.6. The Morgan fingerprint density at radius 3 is 2.62 bits per heavy atom. The molecule has 0 spiro atoms. The maximum Gasteiger partial charge on any atom is 0.332 e. The lowest BCUT2D eigenvalue weighted by molar-refractivity contribution is 0.277. The molecule has 0 saturated heterocycles. The first kappa shape index (κ1) is 17.3. The van der Waals surface area contributed by atoms with Crippen molar-refractivity contribution in [1.29, 1.82) is 0 Å². The number of aromatic nitrogens is 4. The molecular weight excluding hydrogens is 334 g/mol. The van der Waals surface area contributed by atoms with Gasteiger partial charge in [0.1, 0.15) is 0 Å². The summed E-state index contributed by atoms with van der Waals surface area (Å²) in [7, 11) is 1.67. The van der Waals surface area contributed by atoms with Crippen molar-refractivity contribution >= 4 is 17.1 Å². The summed E-state index contributed by atoms with van der Waals surface area (Å²) < 4.78 is 4.70. The highest BCUT2D eigenvalue weighted by Gasteiger charge is 2.30. The fourth-order valence-electron chi connectivity index (χ4n) is 4.45. The molecule has 0 unspecified atom stereocenters. The summed E-state index contributed by atoms with van der Waals surface area (Å²) in [5.74, 6) is 0.838. The van der Waals surface area contributed by atoms with Crippen LogP contribution in [0.25, 0.3) is 11.2 Å². The van der Waals surface area contributed by atoms with E-state index in [0.717, 1.165) is 25.5 Å². The largest absolute Gasteiger partial charge is 0.396 e. The zero-order chi connectivity index (χ0) is 18.3. The van der Waals surface area contributed by atoms with E-state index in [-0.39, 0.29) is 24.4 Å². The maximum absolute atomic E-state index is 13.0. The Morgan fingerprint density at radius 2 is 1.88 bits per heavy atom. The molecule has 0 aromatic carbocycles. The number of nitrogens with zero attached hydrogens (tertiary/aromatic N) is 5. The van der Waals surface area contributed by atoms with Crippen molar-refractivity contribution in [3.8, 4) is 0 Å².